The number of nitrogens with zero attached hydrogens (tertiary/aromatic N) is 2. The fraction of sp³-hybridized carbons (Fsp3) is 0.323. The zero-order valence-corrected chi connectivity index (χ0v) is 24.9. The van der Waals surface area contributed by atoms with Crippen LogP contribution in [0.25, 0.3) is 6.08 Å². The summed E-state index contributed by atoms with van der Waals surface area (Å²) < 4.78 is 24.4. The maximum absolute atomic E-state index is 14.1. The predicted octanol–water partition coefficient (Wildman–Crippen LogP) is 4.65. The van der Waals surface area contributed by atoms with E-state index in [0.717, 1.165) is 12.0 Å². The number of methoxy groups -OCH3 is 1. The van der Waals surface area contributed by atoms with Gasteiger partial charge in [-0.15, -0.1) is 6.42 Å². The highest BCUT2D eigenvalue weighted by Crippen LogP contribution is 2.38. The molecule has 214 valence electrons. The van der Waals surface area contributed by atoms with Crippen molar-refractivity contribution in [2.75, 3.05) is 26.9 Å². The predicted molar refractivity (Wildman–Crippen MR) is 160 cm³/mol. The molecule has 1 aliphatic heterocycles. The zero-order valence-electron chi connectivity index (χ0n) is 23.4. The number of thiazole rings is 1. The summed E-state index contributed by atoms with van der Waals surface area (Å²) >= 11 is 7.64. The summed E-state index contributed by atoms with van der Waals surface area (Å²) in [7, 11) is 1.53. The average Bonchev–Trinajstić information content (AvgIpc) is 3.26. The van der Waals surface area contributed by atoms with E-state index in [0.29, 0.717) is 61.5 Å². The van der Waals surface area contributed by atoms with Crippen molar-refractivity contribution in [3.8, 4) is 29.6 Å². The van der Waals surface area contributed by atoms with Gasteiger partial charge in [-0.25, -0.2) is 9.79 Å². The van der Waals surface area contributed by atoms with E-state index in [2.05, 4.69) is 5.92 Å². The second-order valence-electron chi connectivity index (χ2n) is 8.93. The number of carbonyl (C=O) groups is 1. The molecule has 41 heavy (non-hydrogen) atoms. The van der Waals surface area contributed by atoms with Crippen LogP contribution in [0.4, 0.5) is 0 Å². The number of esters is 1. The van der Waals surface area contributed by atoms with E-state index in [1.807, 2.05) is 19.9 Å². The third-order valence-electron chi connectivity index (χ3n) is 6.25. The zero-order chi connectivity index (χ0) is 29.5. The fourth-order valence-electron chi connectivity index (χ4n) is 4.61. The van der Waals surface area contributed by atoms with Gasteiger partial charge in [0.05, 0.1) is 36.1 Å². The Hall–Kier alpha value is -4.00. The first-order chi connectivity index (χ1) is 19.9. The van der Waals surface area contributed by atoms with E-state index in [9.17, 15) is 9.59 Å². The van der Waals surface area contributed by atoms with Crippen molar-refractivity contribution in [1.82, 2.24) is 4.57 Å². The first kappa shape index (κ1) is 30.0. The minimum absolute atomic E-state index is 0.105. The highest BCUT2D eigenvalue weighted by molar-refractivity contribution is 7.07. The molecule has 4 rings (SSSR count). The molecule has 1 aromatic heterocycles. The third-order valence-corrected chi connectivity index (χ3v) is 7.47. The van der Waals surface area contributed by atoms with Crippen LogP contribution < -0.4 is 29.1 Å². The maximum atomic E-state index is 14.1. The highest BCUT2D eigenvalue weighted by atomic mass is 35.5. The Morgan fingerprint density at radius 3 is 2.59 bits per heavy atom. The molecule has 1 atom stereocenters. The molecule has 10 heteroatoms. The summed E-state index contributed by atoms with van der Waals surface area (Å²) in [6.07, 6.45) is 8.36. The monoisotopic (exact) mass is 594 g/mol. The Morgan fingerprint density at radius 2 is 1.90 bits per heavy atom. The van der Waals surface area contributed by atoms with E-state index in [1.54, 1.807) is 43.3 Å². The van der Waals surface area contributed by atoms with E-state index < -0.39 is 12.0 Å². The van der Waals surface area contributed by atoms with Crippen LogP contribution in [0.2, 0.25) is 5.02 Å². The molecule has 2 heterocycles. The molecule has 0 fully saturated rings. The lowest BCUT2D eigenvalue weighted by atomic mass is 9.93. The van der Waals surface area contributed by atoms with Gasteiger partial charge < -0.3 is 18.9 Å². The van der Waals surface area contributed by atoms with Crippen molar-refractivity contribution < 1.29 is 23.7 Å². The van der Waals surface area contributed by atoms with E-state index in [4.69, 9.17) is 42.0 Å². The largest absolute Gasteiger partial charge is 0.496 e. The van der Waals surface area contributed by atoms with Crippen LogP contribution in [0, 0.1) is 12.3 Å². The van der Waals surface area contributed by atoms with Crippen LogP contribution >= 0.6 is 22.9 Å². The third kappa shape index (κ3) is 6.34. The SMILES string of the molecule is C#CCOc1ccc(/C=c2/sc3n(c2=O)[C@@H](c2cc(Cl)ccc2OC)C(C(=O)OCC)=C(CCC)N=3)cc1OCC. The highest BCUT2D eigenvalue weighted by Gasteiger charge is 2.36. The number of ether oxygens (including phenoxy) is 4. The number of rotatable bonds is 11. The molecule has 3 aromatic rings. The quantitative estimate of drug-likeness (QED) is 0.237. The smallest absolute Gasteiger partial charge is 0.338 e. The lowest BCUT2D eigenvalue weighted by Crippen LogP contribution is -2.40. The Bertz CT molecular complexity index is 1700. The van der Waals surface area contributed by atoms with Gasteiger partial charge in [0.2, 0.25) is 0 Å². The summed E-state index contributed by atoms with van der Waals surface area (Å²) in [6.45, 7) is 6.32. The summed E-state index contributed by atoms with van der Waals surface area (Å²) in [5.74, 6) is 3.42. The fourth-order valence-corrected chi connectivity index (χ4v) is 5.81. The van der Waals surface area contributed by atoms with E-state index >= 15 is 0 Å². The number of hydrogen-bond acceptors (Lipinski definition) is 8. The van der Waals surface area contributed by atoms with Gasteiger partial charge in [-0.1, -0.05) is 48.3 Å². The van der Waals surface area contributed by atoms with Gasteiger partial charge >= 0.3 is 5.97 Å². The summed E-state index contributed by atoms with van der Waals surface area (Å²) in [5.41, 5.74) is 1.83. The van der Waals surface area contributed by atoms with Gasteiger partial charge in [0, 0.05) is 10.6 Å². The van der Waals surface area contributed by atoms with Crippen LogP contribution in [-0.2, 0) is 9.53 Å². The number of carbonyl (C=O) groups excluding carboxylic acids is 1. The van der Waals surface area contributed by atoms with Crippen LogP contribution in [0.15, 0.2) is 57.5 Å². The first-order valence-corrected chi connectivity index (χ1v) is 14.4. The first-order valence-electron chi connectivity index (χ1n) is 13.2. The minimum atomic E-state index is -0.846. The standard InChI is InChI=1S/C31H31ClN2O6S/c1-6-10-22-27(30(36)39-9-4)28(21-18-20(32)12-14-23(21)37-5)34-29(35)26(41-31(34)33-22)17-19-11-13-24(40-15-7-2)25(16-19)38-8-3/h2,11-14,16-18,28H,6,8-10,15H2,1,3-5H3/b26-17+/t28-/m0/s1. The molecule has 0 saturated carbocycles. The Morgan fingerprint density at radius 1 is 1.12 bits per heavy atom. The van der Waals surface area contributed by atoms with Crippen LogP contribution in [0.1, 0.15) is 50.8 Å². The van der Waals surface area contributed by atoms with Crippen molar-refractivity contribution in [2.24, 2.45) is 4.99 Å². The summed E-state index contributed by atoms with van der Waals surface area (Å²) in [4.78, 5) is 32.7. The van der Waals surface area contributed by atoms with Gasteiger partial charge in [-0.2, -0.15) is 0 Å². The molecule has 2 aromatic carbocycles. The maximum Gasteiger partial charge on any atom is 0.338 e. The second kappa shape index (κ2) is 13.6. The molecule has 0 radical (unpaired) electrons. The lowest BCUT2D eigenvalue weighted by Gasteiger charge is -2.27. The summed E-state index contributed by atoms with van der Waals surface area (Å²) in [5, 5.41) is 0.441. The molecule has 0 saturated heterocycles. The van der Waals surface area contributed by atoms with Gasteiger partial charge in [0.25, 0.3) is 5.56 Å². The summed E-state index contributed by atoms with van der Waals surface area (Å²) in [6, 6.07) is 9.63. The number of halogens is 1. The molecule has 0 aliphatic carbocycles. The van der Waals surface area contributed by atoms with E-state index in [1.165, 1.54) is 23.0 Å². The molecule has 0 N–H and O–H groups in total. The van der Waals surface area contributed by atoms with Crippen molar-refractivity contribution in [2.45, 2.75) is 39.7 Å². The van der Waals surface area contributed by atoms with Crippen molar-refractivity contribution in [1.29, 1.82) is 0 Å². The molecular formula is C31H31ClN2O6S. The second-order valence-corrected chi connectivity index (χ2v) is 10.4. The topological polar surface area (TPSA) is 88.4 Å². The number of hydrogen-bond donors (Lipinski definition) is 0. The van der Waals surface area contributed by atoms with Gasteiger partial charge in [0.15, 0.2) is 16.3 Å². The Labute approximate surface area is 247 Å². The Balaban J connectivity index is 1.97. The normalized spacial score (nSPS) is 14.6. The van der Waals surface area contributed by atoms with Crippen LogP contribution in [0.5, 0.6) is 17.2 Å². The molecule has 0 spiro atoms. The number of aromatic nitrogens is 1. The molecule has 0 amide bonds. The number of benzene rings is 2. The Kier molecular flexibility index (Phi) is 9.92. The van der Waals surface area contributed by atoms with Crippen LogP contribution in [0.3, 0.4) is 0 Å². The average molecular weight is 595 g/mol. The molecule has 0 unspecified atom stereocenters. The number of terminal acetylenes is 1. The van der Waals surface area contributed by atoms with Gasteiger partial charge in [0.1, 0.15) is 18.4 Å². The number of fused-ring (bicyclic) bond motifs is 1. The van der Waals surface area contributed by atoms with Gasteiger partial charge in [-0.05, 0) is 62.2 Å². The van der Waals surface area contributed by atoms with E-state index in [-0.39, 0.29) is 18.8 Å². The molecule has 1 aliphatic rings. The lowest BCUT2D eigenvalue weighted by molar-refractivity contribution is -0.139. The van der Waals surface area contributed by atoms with Crippen molar-refractivity contribution in [3.05, 3.63) is 83.5 Å². The molecular weight excluding hydrogens is 564 g/mol. The van der Waals surface area contributed by atoms with Crippen molar-refractivity contribution >= 4 is 35.0 Å². The number of allylic oxidation sites excluding steroid dienone is 1. The van der Waals surface area contributed by atoms with Gasteiger partial charge in [-0.3, -0.25) is 9.36 Å². The molecule has 0 bridgehead atoms. The van der Waals surface area contributed by atoms with Crippen molar-refractivity contribution in [3.63, 3.8) is 0 Å². The molecule has 8 nitrogen and oxygen atoms in total. The minimum Gasteiger partial charge on any atom is -0.496 e. The van der Waals surface area contributed by atoms with Crippen LogP contribution in [-0.4, -0.2) is 37.5 Å².